The molecule has 2 rings (SSSR count). The fourth-order valence-electron chi connectivity index (χ4n) is 1.69. The molecule has 1 aromatic carbocycles. The second-order valence-corrected chi connectivity index (χ2v) is 3.98. The fraction of sp³-hybridized carbons (Fsp3) is 0.231. The predicted octanol–water partition coefficient (Wildman–Crippen LogP) is 2.66. The maximum Gasteiger partial charge on any atom is 0.270 e. The van der Waals surface area contributed by atoms with E-state index in [2.05, 4.69) is 15.3 Å². The molecule has 0 amide bonds. The smallest absolute Gasteiger partial charge is 0.270 e. The number of hydrogen-bond donors (Lipinski definition) is 1. The first-order valence-electron chi connectivity index (χ1n) is 5.94. The highest BCUT2D eigenvalue weighted by Gasteiger charge is 2.10. The van der Waals surface area contributed by atoms with E-state index in [1.165, 1.54) is 12.1 Å². The van der Waals surface area contributed by atoms with Gasteiger partial charge in [0.05, 0.1) is 4.92 Å². The maximum absolute atomic E-state index is 10.8. The third kappa shape index (κ3) is 2.85. The second-order valence-electron chi connectivity index (χ2n) is 3.98. The third-order valence-electron chi connectivity index (χ3n) is 2.71. The Balaban J connectivity index is 2.51. The summed E-state index contributed by atoms with van der Waals surface area (Å²) in [6.07, 6.45) is 0.777. The Kier molecular flexibility index (Phi) is 3.70. The van der Waals surface area contributed by atoms with E-state index < -0.39 is 4.92 Å². The summed E-state index contributed by atoms with van der Waals surface area (Å²) in [5.41, 5.74) is 1.57. The zero-order valence-corrected chi connectivity index (χ0v) is 10.8. The van der Waals surface area contributed by atoms with Crippen LogP contribution >= 0.6 is 0 Å². The van der Waals surface area contributed by atoms with Crippen LogP contribution in [-0.4, -0.2) is 21.9 Å². The zero-order chi connectivity index (χ0) is 13.8. The van der Waals surface area contributed by atoms with E-state index in [9.17, 15) is 10.1 Å². The summed E-state index contributed by atoms with van der Waals surface area (Å²) in [5, 5.41) is 13.7. The van der Waals surface area contributed by atoms with Crippen molar-refractivity contribution >= 4 is 11.5 Å². The van der Waals surface area contributed by atoms with Crippen LogP contribution in [0.5, 0.6) is 0 Å². The first-order chi connectivity index (χ1) is 9.13. The van der Waals surface area contributed by atoms with Gasteiger partial charge in [0.15, 0.2) is 5.82 Å². The zero-order valence-electron chi connectivity index (χ0n) is 10.8. The van der Waals surface area contributed by atoms with Crippen molar-refractivity contribution in [2.75, 3.05) is 12.4 Å². The summed E-state index contributed by atoms with van der Waals surface area (Å²) < 4.78 is 0. The SMILES string of the molecule is CCc1cc(NC)nc(-c2cccc([N+](=O)[O-])c2)n1. The average Bonchev–Trinajstić information content (AvgIpc) is 2.46. The van der Waals surface area contributed by atoms with Crippen molar-refractivity contribution in [3.63, 3.8) is 0 Å². The molecule has 1 N–H and O–H groups in total. The number of rotatable bonds is 4. The van der Waals surface area contributed by atoms with Crippen molar-refractivity contribution in [3.05, 3.63) is 46.1 Å². The molecular weight excluding hydrogens is 244 g/mol. The summed E-state index contributed by atoms with van der Waals surface area (Å²) in [5.74, 6) is 1.20. The highest BCUT2D eigenvalue weighted by Crippen LogP contribution is 2.22. The van der Waals surface area contributed by atoms with E-state index in [-0.39, 0.29) is 5.69 Å². The standard InChI is InChI=1S/C13H14N4O2/c1-3-10-8-12(14-2)16-13(15-10)9-5-4-6-11(7-9)17(18)19/h4-8H,3H2,1-2H3,(H,14,15,16). The number of nitro groups is 1. The Morgan fingerprint density at radius 2 is 2.11 bits per heavy atom. The molecule has 98 valence electrons. The van der Waals surface area contributed by atoms with Gasteiger partial charge in [0.1, 0.15) is 5.82 Å². The normalized spacial score (nSPS) is 10.2. The number of nitrogens with one attached hydrogen (secondary N) is 1. The molecule has 0 fully saturated rings. The van der Waals surface area contributed by atoms with Gasteiger partial charge in [0.25, 0.3) is 5.69 Å². The van der Waals surface area contributed by atoms with Crippen molar-refractivity contribution in [1.29, 1.82) is 0 Å². The molecule has 1 aromatic heterocycles. The van der Waals surface area contributed by atoms with Crippen molar-refractivity contribution in [3.8, 4) is 11.4 Å². The van der Waals surface area contributed by atoms with E-state index in [1.807, 2.05) is 13.0 Å². The number of benzene rings is 1. The molecule has 2 aromatic rings. The van der Waals surface area contributed by atoms with Gasteiger partial charge < -0.3 is 5.32 Å². The van der Waals surface area contributed by atoms with Crippen LogP contribution in [0, 0.1) is 10.1 Å². The minimum absolute atomic E-state index is 0.0361. The van der Waals surface area contributed by atoms with Gasteiger partial charge in [-0.3, -0.25) is 10.1 Å². The van der Waals surface area contributed by atoms with Crippen LogP contribution in [0.4, 0.5) is 11.5 Å². The highest BCUT2D eigenvalue weighted by atomic mass is 16.6. The average molecular weight is 258 g/mol. The van der Waals surface area contributed by atoms with Gasteiger partial charge in [0.2, 0.25) is 0 Å². The number of non-ortho nitro benzene ring substituents is 1. The molecule has 0 aliphatic heterocycles. The van der Waals surface area contributed by atoms with E-state index in [0.29, 0.717) is 17.2 Å². The van der Waals surface area contributed by atoms with Crippen molar-refractivity contribution in [1.82, 2.24) is 9.97 Å². The second kappa shape index (κ2) is 5.43. The molecule has 0 spiro atoms. The Labute approximate surface area is 110 Å². The molecule has 0 unspecified atom stereocenters. The molecule has 0 aliphatic carbocycles. The van der Waals surface area contributed by atoms with E-state index in [0.717, 1.165) is 12.1 Å². The highest BCUT2D eigenvalue weighted by molar-refractivity contribution is 5.61. The Morgan fingerprint density at radius 3 is 2.74 bits per heavy atom. The summed E-state index contributed by atoms with van der Waals surface area (Å²) in [4.78, 5) is 19.1. The van der Waals surface area contributed by atoms with Crippen molar-refractivity contribution in [2.24, 2.45) is 0 Å². The molecular formula is C13H14N4O2. The minimum Gasteiger partial charge on any atom is -0.373 e. The Morgan fingerprint density at radius 1 is 1.32 bits per heavy atom. The Hall–Kier alpha value is -2.50. The van der Waals surface area contributed by atoms with Crippen LogP contribution < -0.4 is 5.32 Å². The third-order valence-corrected chi connectivity index (χ3v) is 2.71. The minimum atomic E-state index is -0.424. The van der Waals surface area contributed by atoms with Crippen LogP contribution in [0.2, 0.25) is 0 Å². The molecule has 0 bridgehead atoms. The lowest BCUT2D eigenvalue weighted by molar-refractivity contribution is -0.384. The topological polar surface area (TPSA) is 81.0 Å². The van der Waals surface area contributed by atoms with Crippen LogP contribution in [0.25, 0.3) is 11.4 Å². The number of hydrogen-bond acceptors (Lipinski definition) is 5. The number of aromatic nitrogens is 2. The molecule has 6 heteroatoms. The van der Waals surface area contributed by atoms with Gasteiger partial charge in [-0.2, -0.15) is 0 Å². The summed E-state index contributed by atoms with van der Waals surface area (Å²) in [7, 11) is 1.78. The predicted molar refractivity (Wildman–Crippen MR) is 73.0 cm³/mol. The van der Waals surface area contributed by atoms with Crippen LogP contribution in [0.15, 0.2) is 30.3 Å². The summed E-state index contributed by atoms with van der Waals surface area (Å²) in [6, 6.07) is 8.19. The first-order valence-corrected chi connectivity index (χ1v) is 5.94. The van der Waals surface area contributed by atoms with Gasteiger partial charge in [-0.05, 0) is 6.42 Å². The van der Waals surface area contributed by atoms with Gasteiger partial charge in [-0.25, -0.2) is 9.97 Å². The summed E-state index contributed by atoms with van der Waals surface area (Å²) >= 11 is 0. The molecule has 1 heterocycles. The van der Waals surface area contributed by atoms with Crippen LogP contribution in [0.3, 0.4) is 0 Å². The molecule has 6 nitrogen and oxygen atoms in total. The molecule has 0 saturated carbocycles. The lowest BCUT2D eigenvalue weighted by Gasteiger charge is -2.06. The van der Waals surface area contributed by atoms with Crippen molar-refractivity contribution < 1.29 is 4.92 Å². The quantitative estimate of drug-likeness (QED) is 0.673. The number of nitrogens with zero attached hydrogens (tertiary/aromatic N) is 3. The van der Waals surface area contributed by atoms with E-state index >= 15 is 0 Å². The monoisotopic (exact) mass is 258 g/mol. The summed E-state index contributed by atoms with van der Waals surface area (Å²) in [6.45, 7) is 2.00. The Bertz CT molecular complexity index is 591. The molecule has 19 heavy (non-hydrogen) atoms. The largest absolute Gasteiger partial charge is 0.373 e. The van der Waals surface area contributed by atoms with Gasteiger partial charge >= 0.3 is 0 Å². The number of nitro benzene ring substituents is 1. The van der Waals surface area contributed by atoms with Crippen molar-refractivity contribution in [2.45, 2.75) is 13.3 Å². The molecule has 0 atom stereocenters. The molecule has 0 aliphatic rings. The molecule has 0 saturated heterocycles. The van der Waals surface area contributed by atoms with E-state index in [1.54, 1.807) is 19.2 Å². The van der Waals surface area contributed by atoms with E-state index in [4.69, 9.17) is 0 Å². The van der Waals surface area contributed by atoms with Crippen LogP contribution in [0.1, 0.15) is 12.6 Å². The number of anilines is 1. The van der Waals surface area contributed by atoms with Gasteiger partial charge in [-0.1, -0.05) is 19.1 Å². The number of aryl methyl sites for hydroxylation is 1. The first kappa shape index (κ1) is 12.9. The molecule has 0 radical (unpaired) electrons. The van der Waals surface area contributed by atoms with Gasteiger partial charge in [0, 0.05) is 36.5 Å². The maximum atomic E-state index is 10.8. The lowest BCUT2D eigenvalue weighted by atomic mass is 10.2. The van der Waals surface area contributed by atoms with Gasteiger partial charge in [-0.15, -0.1) is 0 Å². The lowest BCUT2D eigenvalue weighted by Crippen LogP contribution is -2.00. The fourth-order valence-corrected chi connectivity index (χ4v) is 1.69. The van der Waals surface area contributed by atoms with Crippen LogP contribution in [-0.2, 0) is 6.42 Å².